The van der Waals surface area contributed by atoms with Crippen molar-refractivity contribution in [3.05, 3.63) is 53.6 Å². The highest BCUT2D eigenvalue weighted by Crippen LogP contribution is 2.76. The minimum Gasteiger partial charge on any atom is -0.481 e. The van der Waals surface area contributed by atoms with Gasteiger partial charge in [-0.25, -0.2) is 0 Å². The molecule has 1 aromatic carbocycles. The van der Waals surface area contributed by atoms with Crippen LogP contribution in [0.3, 0.4) is 0 Å². The molecule has 2 heteroatoms. The van der Waals surface area contributed by atoms with Gasteiger partial charge in [0.25, 0.3) is 0 Å². The van der Waals surface area contributed by atoms with E-state index in [0.29, 0.717) is 35.5 Å². The van der Waals surface area contributed by atoms with Gasteiger partial charge >= 0.3 is 5.97 Å². The predicted octanol–water partition coefficient (Wildman–Crippen LogP) is 9.59. The van der Waals surface area contributed by atoms with Crippen LogP contribution in [0.5, 0.6) is 0 Å². The zero-order valence-corrected chi connectivity index (χ0v) is 25.6. The van der Waals surface area contributed by atoms with Crippen molar-refractivity contribution in [2.24, 2.45) is 63.1 Å². The fourth-order valence-corrected chi connectivity index (χ4v) is 12.4. The number of rotatable bonds is 3. The Bertz CT molecular complexity index is 1200. The molecule has 0 heterocycles. The van der Waals surface area contributed by atoms with Crippen LogP contribution in [0, 0.1) is 70.0 Å². The van der Waals surface area contributed by atoms with Crippen LogP contribution in [0.1, 0.15) is 104 Å². The Kier molecular flexibility index (Phi) is 6.19. The lowest BCUT2D eigenvalue weighted by atomic mass is 9.32. The molecule has 0 aliphatic heterocycles. The summed E-state index contributed by atoms with van der Waals surface area (Å²) in [5.74, 6) is 2.51. The quantitative estimate of drug-likeness (QED) is 0.397. The molecule has 10 atom stereocenters. The number of allylic oxidation sites excluding steroid dienone is 3. The van der Waals surface area contributed by atoms with Crippen molar-refractivity contribution in [1.82, 2.24) is 0 Å². The highest BCUT2D eigenvalue weighted by atomic mass is 16.4. The number of carboxylic acid groups (broad SMARTS) is 1. The van der Waals surface area contributed by atoms with E-state index >= 15 is 0 Å². The maximum atomic E-state index is 12.8. The number of carboxylic acids is 1. The molecular weight excluding hydrogens is 476 g/mol. The first-order valence-corrected chi connectivity index (χ1v) is 15.9. The molecule has 4 saturated carbocycles. The summed E-state index contributed by atoms with van der Waals surface area (Å²) in [7, 11) is 0. The molecule has 5 aliphatic carbocycles. The lowest BCUT2D eigenvalue weighted by Crippen LogP contribution is -2.65. The van der Waals surface area contributed by atoms with Gasteiger partial charge in [-0.3, -0.25) is 4.79 Å². The van der Waals surface area contributed by atoms with Crippen LogP contribution >= 0.6 is 0 Å². The van der Waals surface area contributed by atoms with Crippen molar-refractivity contribution >= 4 is 11.5 Å². The summed E-state index contributed by atoms with van der Waals surface area (Å²) >= 11 is 0. The minimum absolute atomic E-state index is 0.0667. The number of carbonyl (C=O) groups is 1. The lowest BCUT2D eigenvalue weighted by Gasteiger charge is -2.72. The van der Waals surface area contributed by atoms with E-state index in [4.69, 9.17) is 0 Å². The highest BCUT2D eigenvalue weighted by molar-refractivity contribution is 5.72. The summed E-state index contributed by atoms with van der Waals surface area (Å²) in [6, 6.07) is 9.18. The van der Waals surface area contributed by atoms with Gasteiger partial charge in [0.2, 0.25) is 0 Å². The SMILES string of the molecule is C=C(C)[C@@H]1CCC2[C@H]1[C@H]1CC[C@@H]3[C@@]4(C)CC=C(c5ccc(C)cc5)C(C)(C)[C@@H]4CC[C@@]3(C)[C@]1(C)C[C@@H]2C(=O)O. The Morgan fingerprint density at radius 3 is 2.23 bits per heavy atom. The van der Waals surface area contributed by atoms with Gasteiger partial charge in [0.1, 0.15) is 0 Å². The zero-order chi connectivity index (χ0) is 28.1. The van der Waals surface area contributed by atoms with E-state index < -0.39 is 5.97 Å². The Morgan fingerprint density at radius 2 is 1.59 bits per heavy atom. The van der Waals surface area contributed by atoms with Gasteiger partial charge in [-0.1, -0.05) is 82.7 Å². The Hall–Kier alpha value is -1.83. The highest BCUT2D eigenvalue weighted by Gasteiger charge is 2.70. The van der Waals surface area contributed by atoms with Crippen LogP contribution in [0.15, 0.2) is 42.5 Å². The first kappa shape index (κ1) is 27.3. The molecule has 0 radical (unpaired) electrons. The van der Waals surface area contributed by atoms with Crippen molar-refractivity contribution < 1.29 is 9.90 Å². The third kappa shape index (κ3) is 3.61. The average molecular weight is 529 g/mol. The first-order valence-electron chi connectivity index (χ1n) is 15.9. The van der Waals surface area contributed by atoms with Crippen molar-refractivity contribution in [3.8, 4) is 0 Å². The van der Waals surface area contributed by atoms with Gasteiger partial charge in [0.05, 0.1) is 5.92 Å². The fraction of sp³-hybridized carbons (Fsp3) is 0.703. The molecule has 0 saturated heterocycles. The molecule has 39 heavy (non-hydrogen) atoms. The zero-order valence-electron chi connectivity index (χ0n) is 25.6. The van der Waals surface area contributed by atoms with Crippen molar-refractivity contribution in [2.75, 3.05) is 0 Å². The second-order valence-electron chi connectivity index (χ2n) is 16.0. The van der Waals surface area contributed by atoms with Gasteiger partial charge in [-0.2, -0.15) is 0 Å². The number of fused-ring (bicyclic) bond motifs is 7. The number of hydrogen-bond acceptors (Lipinski definition) is 1. The molecule has 0 bridgehead atoms. The number of aliphatic carboxylic acids is 1. The Labute approximate surface area is 237 Å². The number of aryl methyl sites for hydroxylation is 1. The molecule has 5 aliphatic rings. The summed E-state index contributed by atoms with van der Waals surface area (Å²) in [4.78, 5) is 12.8. The topological polar surface area (TPSA) is 37.3 Å². The molecule has 0 spiro atoms. The van der Waals surface area contributed by atoms with E-state index in [1.54, 1.807) is 0 Å². The normalized spacial score (nSPS) is 46.2. The van der Waals surface area contributed by atoms with E-state index in [1.807, 2.05) is 0 Å². The van der Waals surface area contributed by atoms with Crippen LogP contribution in [-0.2, 0) is 4.79 Å². The summed E-state index contributed by atoms with van der Waals surface area (Å²) in [5.41, 5.74) is 6.16. The average Bonchev–Trinajstić information content (AvgIpc) is 3.30. The van der Waals surface area contributed by atoms with Crippen LogP contribution in [0.4, 0.5) is 0 Å². The summed E-state index contributed by atoms with van der Waals surface area (Å²) in [6.45, 7) is 21.6. The Morgan fingerprint density at radius 1 is 0.897 bits per heavy atom. The summed E-state index contributed by atoms with van der Waals surface area (Å²) in [6.07, 6.45) is 11.9. The molecule has 0 amide bonds. The van der Waals surface area contributed by atoms with Crippen molar-refractivity contribution in [3.63, 3.8) is 0 Å². The molecule has 1 unspecified atom stereocenters. The summed E-state index contributed by atoms with van der Waals surface area (Å²) < 4.78 is 0. The van der Waals surface area contributed by atoms with Crippen LogP contribution in [0.2, 0.25) is 0 Å². The van der Waals surface area contributed by atoms with Gasteiger partial charge in [0.15, 0.2) is 0 Å². The molecule has 212 valence electrons. The lowest BCUT2D eigenvalue weighted by molar-refractivity contribution is -0.225. The van der Waals surface area contributed by atoms with E-state index in [1.165, 1.54) is 48.0 Å². The molecule has 0 aromatic heterocycles. The first-order chi connectivity index (χ1) is 18.3. The van der Waals surface area contributed by atoms with Crippen LogP contribution < -0.4 is 0 Å². The molecule has 2 nitrogen and oxygen atoms in total. The smallest absolute Gasteiger partial charge is 0.306 e. The number of benzene rings is 1. The predicted molar refractivity (Wildman–Crippen MR) is 161 cm³/mol. The van der Waals surface area contributed by atoms with Crippen molar-refractivity contribution in [1.29, 1.82) is 0 Å². The van der Waals surface area contributed by atoms with E-state index in [9.17, 15) is 9.90 Å². The van der Waals surface area contributed by atoms with E-state index in [2.05, 4.69) is 85.4 Å². The molecule has 1 N–H and O–H groups in total. The second-order valence-corrected chi connectivity index (χ2v) is 16.0. The maximum Gasteiger partial charge on any atom is 0.306 e. The van der Waals surface area contributed by atoms with Gasteiger partial charge < -0.3 is 5.11 Å². The molecule has 4 fully saturated rings. The van der Waals surface area contributed by atoms with Gasteiger partial charge in [0, 0.05) is 0 Å². The number of hydrogen-bond donors (Lipinski definition) is 1. The second kappa shape index (κ2) is 8.83. The molecule has 1 aromatic rings. The van der Waals surface area contributed by atoms with Crippen molar-refractivity contribution in [2.45, 2.75) is 99.8 Å². The van der Waals surface area contributed by atoms with E-state index in [0.717, 1.165) is 25.7 Å². The van der Waals surface area contributed by atoms with E-state index in [-0.39, 0.29) is 27.6 Å². The molecular formula is C37H52O2. The monoisotopic (exact) mass is 528 g/mol. The maximum absolute atomic E-state index is 12.8. The standard InChI is InChI=1S/C37H52O2/c1-22(2)25-13-14-26-27(33(38)39)21-37(8)29(32(25)26)15-16-31-35(6)19-17-28(24-11-9-23(3)10-12-24)34(4,5)30(35)18-20-36(31,37)7/h9-12,17,25-27,29-32H,1,13-16,18-21H2,2-8H3,(H,38,39)/t25-,26?,27-,29+,30-,31+,32-,35-,36+,37+/m0/s1. The fourth-order valence-electron chi connectivity index (χ4n) is 12.4. The van der Waals surface area contributed by atoms with Crippen LogP contribution in [-0.4, -0.2) is 11.1 Å². The third-order valence-corrected chi connectivity index (χ3v) is 14.2. The van der Waals surface area contributed by atoms with Gasteiger partial charge in [-0.15, -0.1) is 0 Å². The van der Waals surface area contributed by atoms with Crippen LogP contribution in [0.25, 0.3) is 5.57 Å². The molecule has 6 rings (SSSR count). The minimum atomic E-state index is -0.540. The van der Waals surface area contributed by atoms with Gasteiger partial charge in [-0.05, 0) is 134 Å². The Balaban J connectivity index is 1.40. The largest absolute Gasteiger partial charge is 0.481 e. The summed E-state index contributed by atoms with van der Waals surface area (Å²) in [5, 5.41) is 10.5. The third-order valence-electron chi connectivity index (χ3n) is 14.2.